The number of hydrogen-bond acceptors (Lipinski definition) is 2. The third-order valence-electron chi connectivity index (χ3n) is 2.59. The normalized spacial score (nSPS) is 15.8. The average molecular weight is 194 g/mol. The number of unbranched alkanes of at least 4 members (excludes halogenated alkanes) is 2. The van der Waals surface area contributed by atoms with E-state index in [1.807, 2.05) is 0 Å². The molecule has 0 radical (unpaired) electrons. The van der Waals surface area contributed by atoms with E-state index in [2.05, 4.69) is 23.2 Å². The van der Waals surface area contributed by atoms with Crippen molar-refractivity contribution in [3.63, 3.8) is 0 Å². The Balaban J connectivity index is 1.76. The predicted octanol–water partition coefficient (Wildman–Crippen LogP) is 1.47. The first-order valence-corrected chi connectivity index (χ1v) is 5.68. The first-order valence-electron chi connectivity index (χ1n) is 5.68. The van der Waals surface area contributed by atoms with Gasteiger partial charge < -0.3 is 5.32 Å². The van der Waals surface area contributed by atoms with E-state index < -0.39 is 0 Å². The smallest absolute Gasteiger partial charge is 0.0596 e. The number of terminal acetylenes is 1. The molecule has 0 aromatic carbocycles. The summed E-state index contributed by atoms with van der Waals surface area (Å²) in [4.78, 5) is 2.20. The number of nitrogens with one attached hydrogen (secondary N) is 1. The van der Waals surface area contributed by atoms with E-state index >= 15 is 0 Å². The van der Waals surface area contributed by atoms with E-state index in [4.69, 9.17) is 6.42 Å². The first kappa shape index (κ1) is 11.6. The molecule has 1 fully saturated rings. The number of hydrogen-bond donors (Lipinski definition) is 1. The van der Waals surface area contributed by atoms with Gasteiger partial charge in [0.1, 0.15) is 0 Å². The monoisotopic (exact) mass is 194 g/mol. The molecular formula is C12H22N2. The van der Waals surface area contributed by atoms with Crippen molar-refractivity contribution in [3.05, 3.63) is 0 Å². The summed E-state index contributed by atoms with van der Waals surface area (Å²) in [6, 6.07) is 0.860. The second kappa shape index (κ2) is 6.86. The van der Waals surface area contributed by atoms with Crippen molar-refractivity contribution in [2.75, 3.05) is 26.7 Å². The first-order chi connectivity index (χ1) is 6.83. The van der Waals surface area contributed by atoms with E-state index in [-0.39, 0.29) is 0 Å². The van der Waals surface area contributed by atoms with Gasteiger partial charge in [-0.15, -0.1) is 6.42 Å². The van der Waals surface area contributed by atoms with Gasteiger partial charge in [0.2, 0.25) is 0 Å². The molecule has 80 valence electrons. The molecule has 1 aliphatic rings. The van der Waals surface area contributed by atoms with E-state index in [0.29, 0.717) is 0 Å². The molecule has 0 aromatic heterocycles. The highest BCUT2D eigenvalue weighted by Gasteiger charge is 2.19. The van der Waals surface area contributed by atoms with E-state index in [1.54, 1.807) is 0 Å². The zero-order chi connectivity index (χ0) is 10.2. The maximum Gasteiger partial charge on any atom is 0.0596 e. The lowest BCUT2D eigenvalue weighted by molar-refractivity contribution is 0.361. The predicted molar refractivity (Wildman–Crippen MR) is 61.2 cm³/mol. The number of nitrogens with zero attached hydrogens (tertiary/aromatic N) is 1. The van der Waals surface area contributed by atoms with Gasteiger partial charge >= 0.3 is 0 Å². The highest BCUT2D eigenvalue weighted by atomic mass is 15.1. The Labute approximate surface area is 88.1 Å². The Morgan fingerprint density at radius 3 is 2.79 bits per heavy atom. The van der Waals surface area contributed by atoms with Crippen molar-refractivity contribution in [3.8, 4) is 12.3 Å². The molecule has 2 nitrogen and oxygen atoms in total. The second-order valence-corrected chi connectivity index (χ2v) is 4.23. The molecule has 1 rings (SSSR count). The zero-order valence-electron chi connectivity index (χ0n) is 9.26. The van der Waals surface area contributed by atoms with Crippen molar-refractivity contribution in [2.24, 2.45) is 0 Å². The Kier molecular flexibility index (Phi) is 5.66. The Morgan fingerprint density at radius 1 is 1.36 bits per heavy atom. The Hall–Kier alpha value is -0.520. The van der Waals surface area contributed by atoms with Gasteiger partial charge in [-0.3, -0.25) is 4.90 Å². The molecule has 0 aliphatic heterocycles. The maximum absolute atomic E-state index is 5.22. The lowest BCUT2D eigenvalue weighted by Crippen LogP contribution is -2.20. The molecule has 1 N–H and O–H groups in total. The summed E-state index contributed by atoms with van der Waals surface area (Å²) in [6.45, 7) is 3.11. The fourth-order valence-corrected chi connectivity index (χ4v) is 1.51. The van der Waals surface area contributed by atoms with Gasteiger partial charge in [0.15, 0.2) is 0 Å². The minimum Gasteiger partial charge on any atom is -0.314 e. The van der Waals surface area contributed by atoms with Crippen LogP contribution in [-0.4, -0.2) is 37.6 Å². The van der Waals surface area contributed by atoms with Crippen LogP contribution in [-0.2, 0) is 0 Å². The van der Waals surface area contributed by atoms with Crippen LogP contribution in [0.2, 0.25) is 0 Å². The Morgan fingerprint density at radius 2 is 2.14 bits per heavy atom. The third kappa shape index (κ3) is 6.01. The molecule has 0 aromatic rings. The van der Waals surface area contributed by atoms with Crippen LogP contribution >= 0.6 is 0 Å². The van der Waals surface area contributed by atoms with Crippen LogP contribution in [0.25, 0.3) is 0 Å². The summed E-state index contributed by atoms with van der Waals surface area (Å²) in [7, 11) is 2.09. The van der Waals surface area contributed by atoms with Gasteiger partial charge in [-0.1, -0.05) is 12.3 Å². The molecule has 14 heavy (non-hydrogen) atoms. The van der Waals surface area contributed by atoms with Crippen LogP contribution in [0.15, 0.2) is 0 Å². The fraction of sp³-hybridized carbons (Fsp3) is 0.833. The van der Waals surface area contributed by atoms with Gasteiger partial charge in [-0.25, -0.2) is 0 Å². The largest absolute Gasteiger partial charge is 0.314 e. The van der Waals surface area contributed by atoms with Crippen molar-refractivity contribution < 1.29 is 0 Å². The SMILES string of the molecule is C#CCN(C)CCCCCNC1CC1. The van der Waals surface area contributed by atoms with Gasteiger partial charge in [0.25, 0.3) is 0 Å². The molecule has 0 bridgehead atoms. The molecule has 2 heteroatoms. The average Bonchev–Trinajstić information content (AvgIpc) is 2.95. The molecular weight excluding hydrogens is 172 g/mol. The molecule has 0 unspecified atom stereocenters. The van der Waals surface area contributed by atoms with Crippen LogP contribution in [0.1, 0.15) is 32.1 Å². The summed E-state index contributed by atoms with van der Waals surface area (Å²) in [6.07, 6.45) is 11.9. The van der Waals surface area contributed by atoms with E-state index in [1.165, 1.54) is 38.6 Å². The van der Waals surface area contributed by atoms with Gasteiger partial charge in [-0.2, -0.15) is 0 Å². The van der Waals surface area contributed by atoms with Gasteiger partial charge in [0.05, 0.1) is 6.54 Å². The second-order valence-electron chi connectivity index (χ2n) is 4.23. The molecule has 0 amide bonds. The van der Waals surface area contributed by atoms with Crippen LogP contribution in [0.4, 0.5) is 0 Å². The molecule has 0 heterocycles. The maximum atomic E-state index is 5.22. The lowest BCUT2D eigenvalue weighted by Gasteiger charge is -2.12. The highest BCUT2D eigenvalue weighted by molar-refractivity contribution is 4.87. The zero-order valence-corrected chi connectivity index (χ0v) is 9.26. The summed E-state index contributed by atoms with van der Waals surface area (Å²) >= 11 is 0. The summed E-state index contributed by atoms with van der Waals surface area (Å²) < 4.78 is 0. The summed E-state index contributed by atoms with van der Waals surface area (Å²) in [5.74, 6) is 2.66. The minimum atomic E-state index is 0.778. The van der Waals surface area contributed by atoms with Crippen LogP contribution in [0.3, 0.4) is 0 Å². The Bertz CT molecular complexity index is 179. The molecule has 1 saturated carbocycles. The van der Waals surface area contributed by atoms with E-state index in [0.717, 1.165) is 19.1 Å². The van der Waals surface area contributed by atoms with Gasteiger partial charge in [0, 0.05) is 6.04 Å². The van der Waals surface area contributed by atoms with Crippen molar-refractivity contribution in [1.29, 1.82) is 0 Å². The van der Waals surface area contributed by atoms with Crippen molar-refractivity contribution in [1.82, 2.24) is 10.2 Å². The molecule has 0 spiro atoms. The van der Waals surface area contributed by atoms with Crippen molar-refractivity contribution in [2.45, 2.75) is 38.1 Å². The lowest BCUT2D eigenvalue weighted by atomic mass is 10.2. The standard InChI is InChI=1S/C12H22N2/c1-3-10-14(2)11-6-4-5-9-13-12-7-8-12/h1,12-13H,4-11H2,2H3. The highest BCUT2D eigenvalue weighted by Crippen LogP contribution is 2.18. The van der Waals surface area contributed by atoms with Crippen LogP contribution in [0.5, 0.6) is 0 Å². The third-order valence-corrected chi connectivity index (χ3v) is 2.59. The van der Waals surface area contributed by atoms with Crippen LogP contribution < -0.4 is 5.32 Å². The van der Waals surface area contributed by atoms with Crippen molar-refractivity contribution >= 4 is 0 Å². The number of rotatable bonds is 8. The van der Waals surface area contributed by atoms with Gasteiger partial charge in [-0.05, 0) is 45.8 Å². The van der Waals surface area contributed by atoms with E-state index in [9.17, 15) is 0 Å². The summed E-state index contributed by atoms with van der Waals surface area (Å²) in [5, 5.41) is 3.52. The van der Waals surface area contributed by atoms with Crippen LogP contribution in [0, 0.1) is 12.3 Å². The summed E-state index contributed by atoms with van der Waals surface area (Å²) in [5.41, 5.74) is 0. The molecule has 0 atom stereocenters. The molecule has 1 aliphatic carbocycles. The quantitative estimate of drug-likeness (QED) is 0.465. The topological polar surface area (TPSA) is 15.3 Å². The minimum absolute atomic E-state index is 0.778. The fourth-order valence-electron chi connectivity index (χ4n) is 1.51. The molecule has 0 saturated heterocycles.